The topological polar surface area (TPSA) is 29.3 Å². The molecule has 1 aliphatic rings. The van der Waals surface area contributed by atoms with Crippen molar-refractivity contribution in [1.82, 2.24) is 14.7 Å². The molecule has 2 aromatic heterocycles. The van der Waals surface area contributed by atoms with Gasteiger partial charge >= 0.3 is 0 Å². The molecule has 0 unspecified atom stereocenters. The highest BCUT2D eigenvalue weighted by Crippen LogP contribution is 2.39. The lowest BCUT2D eigenvalue weighted by Gasteiger charge is -2.03. The summed E-state index contributed by atoms with van der Waals surface area (Å²) in [6.45, 7) is 0.915. The van der Waals surface area contributed by atoms with Gasteiger partial charge < -0.3 is 9.72 Å². The molecule has 0 aromatic carbocycles. The van der Waals surface area contributed by atoms with Gasteiger partial charge in [-0.15, -0.1) is 0 Å². The standard InChI is InChI=1S/C12H15N3/c1-13-6-9-2-5-11-7-14-12(10-3-4-10)15(11)8-9/h2,5,7-8,10,13H,3-4,6H2,1H3. The molecule has 1 fully saturated rings. The van der Waals surface area contributed by atoms with Crippen molar-refractivity contribution in [1.29, 1.82) is 0 Å². The maximum atomic E-state index is 4.50. The molecule has 15 heavy (non-hydrogen) atoms. The van der Waals surface area contributed by atoms with E-state index in [4.69, 9.17) is 0 Å². The first-order valence-corrected chi connectivity index (χ1v) is 5.49. The molecule has 0 bridgehead atoms. The van der Waals surface area contributed by atoms with E-state index in [-0.39, 0.29) is 0 Å². The largest absolute Gasteiger partial charge is 0.316 e. The molecule has 1 N–H and O–H groups in total. The molecular formula is C12H15N3. The molecule has 0 saturated heterocycles. The van der Waals surface area contributed by atoms with E-state index >= 15 is 0 Å². The zero-order valence-electron chi connectivity index (χ0n) is 8.90. The summed E-state index contributed by atoms with van der Waals surface area (Å²) in [6, 6.07) is 4.30. The number of nitrogens with zero attached hydrogens (tertiary/aromatic N) is 2. The van der Waals surface area contributed by atoms with Crippen LogP contribution in [0.3, 0.4) is 0 Å². The van der Waals surface area contributed by atoms with Crippen molar-refractivity contribution in [2.45, 2.75) is 25.3 Å². The van der Waals surface area contributed by atoms with Gasteiger partial charge in [-0.1, -0.05) is 6.07 Å². The molecule has 1 aliphatic carbocycles. The highest BCUT2D eigenvalue weighted by Gasteiger charge is 2.27. The molecule has 3 heteroatoms. The second-order valence-corrected chi connectivity index (χ2v) is 4.25. The Hall–Kier alpha value is -1.35. The first kappa shape index (κ1) is 8.92. The van der Waals surface area contributed by atoms with Crippen LogP contribution in [0.25, 0.3) is 5.52 Å². The summed E-state index contributed by atoms with van der Waals surface area (Å²) in [4.78, 5) is 4.50. The Balaban J connectivity index is 2.09. The Morgan fingerprint density at radius 1 is 1.47 bits per heavy atom. The number of fused-ring (bicyclic) bond motifs is 1. The molecular weight excluding hydrogens is 186 g/mol. The van der Waals surface area contributed by atoms with Gasteiger partial charge in [0, 0.05) is 18.7 Å². The molecule has 0 radical (unpaired) electrons. The SMILES string of the molecule is CNCc1ccc2cnc(C3CC3)n2c1. The molecule has 0 atom stereocenters. The van der Waals surface area contributed by atoms with Gasteiger partial charge in [-0.2, -0.15) is 0 Å². The van der Waals surface area contributed by atoms with Crippen LogP contribution in [-0.4, -0.2) is 16.4 Å². The molecule has 78 valence electrons. The maximum absolute atomic E-state index is 4.50. The summed E-state index contributed by atoms with van der Waals surface area (Å²) >= 11 is 0. The fourth-order valence-corrected chi connectivity index (χ4v) is 2.01. The zero-order valence-corrected chi connectivity index (χ0v) is 8.90. The monoisotopic (exact) mass is 201 g/mol. The third-order valence-corrected chi connectivity index (χ3v) is 2.94. The third kappa shape index (κ3) is 1.53. The Kier molecular flexibility index (Phi) is 1.99. The van der Waals surface area contributed by atoms with Crippen molar-refractivity contribution in [3.05, 3.63) is 35.9 Å². The van der Waals surface area contributed by atoms with Crippen LogP contribution in [0.5, 0.6) is 0 Å². The lowest BCUT2D eigenvalue weighted by molar-refractivity contribution is 0.805. The van der Waals surface area contributed by atoms with Crippen LogP contribution in [0.2, 0.25) is 0 Å². The van der Waals surface area contributed by atoms with Crippen LogP contribution in [0.4, 0.5) is 0 Å². The minimum atomic E-state index is 0.706. The van der Waals surface area contributed by atoms with Gasteiger partial charge in [0.1, 0.15) is 5.82 Å². The second kappa shape index (κ2) is 3.35. The van der Waals surface area contributed by atoms with Crippen LogP contribution >= 0.6 is 0 Å². The fourth-order valence-electron chi connectivity index (χ4n) is 2.01. The number of nitrogens with one attached hydrogen (secondary N) is 1. The quantitative estimate of drug-likeness (QED) is 0.822. The van der Waals surface area contributed by atoms with Crippen LogP contribution in [0.1, 0.15) is 30.1 Å². The lowest BCUT2D eigenvalue weighted by Crippen LogP contribution is -2.06. The fraction of sp³-hybridized carbons (Fsp3) is 0.417. The molecule has 3 nitrogen and oxygen atoms in total. The van der Waals surface area contributed by atoms with Gasteiger partial charge in [0.05, 0.1) is 11.7 Å². The average Bonchev–Trinajstić information content (AvgIpc) is 3.00. The van der Waals surface area contributed by atoms with Crippen LogP contribution in [0, 0.1) is 0 Å². The van der Waals surface area contributed by atoms with Gasteiger partial charge in [0.25, 0.3) is 0 Å². The van der Waals surface area contributed by atoms with Gasteiger partial charge in [-0.05, 0) is 31.5 Å². The van der Waals surface area contributed by atoms with Crippen molar-refractivity contribution >= 4 is 5.52 Å². The van der Waals surface area contributed by atoms with Gasteiger partial charge in [-0.3, -0.25) is 0 Å². The van der Waals surface area contributed by atoms with E-state index in [1.165, 1.54) is 29.7 Å². The number of hydrogen-bond donors (Lipinski definition) is 1. The first-order chi connectivity index (χ1) is 7.38. The number of rotatable bonds is 3. The molecule has 2 aromatic rings. The lowest BCUT2D eigenvalue weighted by atomic mass is 10.2. The zero-order chi connectivity index (χ0) is 10.3. The minimum absolute atomic E-state index is 0.706. The minimum Gasteiger partial charge on any atom is -0.316 e. The second-order valence-electron chi connectivity index (χ2n) is 4.25. The van der Waals surface area contributed by atoms with E-state index in [2.05, 4.69) is 33.0 Å². The predicted molar refractivity (Wildman–Crippen MR) is 59.9 cm³/mol. The molecule has 0 aliphatic heterocycles. The summed E-state index contributed by atoms with van der Waals surface area (Å²) in [5.41, 5.74) is 2.52. The number of hydrogen-bond acceptors (Lipinski definition) is 2. The maximum Gasteiger partial charge on any atom is 0.116 e. The Labute approximate surface area is 89.1 Å². The van der Waals surface area contributed by atoms with Crippen LogP contribution < -0.4 is 5.32 Å². The van der Waals surface area contributed by atoms with Crippen molar-refractivity contribution in [3.63, 3.8) is 0 Å². The van der Waals surface area contributed by atoms with E-state index in [1.54, 1.807) is 0 Å². The highest BCUT2D eigenvalue weighted by atomic mass is 15.0. The van der Waals surface area contributed by atoms with Crippen molar-refractivity contribution in [2.75, 3.05) is 7.05 Å². The molecule has 0 spiro atoms. The van der Waals surface area contributed by atoms with E-state index in [1.807, 2.05) is 13.2 Å². The summed E-state index contributed by atoms with van der Waals surface area (Å²) in [5.74, 6) is 1.94. The Morgan fingerprint density at radius 3 is 3.07 bits per heavy atom. The molecule has 0 amide bonds. The molecule has 1 saturated carbocycles. The van der Waals surface area contributed by atoms with E-state index in [0.717, 1.165) is 6.54 Å². The van der Waals surface area contributed by atoms with Gasteiger partial charge in [-0.25, -0.2) is 4.98 Å². The molecule has 3 rings (SSSR count). The predicted octanol–water partition coefficient (Wildman–Crippen LogP) is 1.93. The van der Waals surface area contributed by atoms with Crippen molar-refractivity contribution < 1.29 is 0 Å². The third-order valence-electron chi connectivity index (χ3n) is 2.94. The average molecular weight is 201 g/mol. The smallest absolute Gasteiger partial charge is 0.116 e. The van der Waals surface area contributed by atoms with E-state index in [9.17, 15) is 0 Å². The Morgan fingerprint density at radius 2 is 2.33 bits per heavy atom. The van der Waals surface area contributed by atoms with Gasteiger partial charge in [0.15, 0.2) is 0 Å². The summed E-state index contributed by atoms with van der Waals surface area (Å²) < 4.78 is 2.24. The normalized spacial score (nSPS) is 16.1. The van der Waals surface area contributed by atoms with E-state index in [0.29, 0.717) is 5.92 Å². The van der Waals surface area contributed by atoms with Crippen LogP contribution in [-0.2, 0) is 6.54 Å². The van der Waals surface area contributed by atoms with Crippen LogP contribution in [0.15, 0.2) is 24.5 Å². The number of pyridine rings is 1. The Bertz CT molecular complexity index is 483. The number of imidazole rings is 1. The summed E-state index contributed by atoms with van der Waals surface area (Å²) in [7, 11) is 1.97. The highest BCUT2D eigenvalue weighted by molar-refractivity contribution is 5.47. The summed E-state index contributed by atoms with van der Waals surface area (Å²) in [5, 5.41) is 3.17. The summed E-state index contributed by atoms with van der Waals surface area (Å²) in [6.07, 6.45) is 6.77. The van der Waals surface area contributed by atoms with Gasteiger partial charge in [0.2, 0.25) is 0 Å². The van der Waals surface area contributed by atoms with Crippen molar-refractivity contribution in [2.24, 2.45) is 0 Å². The first-order valence-electron chi connectivity index (χ1n) is 5.49. The molecule has 2 heterocycles. The van der Waals surface area contributed by atoms with E-state index < -0.39 is 0 Å². The van der Waals surface area contributed by atoms with Crippen molar-refractivity contribution in [3.8, 4) is 0 Å². The number of aromatic nitrogens is 2.